The van der Waals surface area contributed by atoms with E-state index in [9.17, 15) is 4.91 Å². The fourth-order valence-corrected chi connectivity index (χ4v) is 0.953. The summed E-state index contributed by atoms with van der Waals surface area (Å²) in [5, 5.41) is 1.79. The Labute approximate surface area is 76.7 Å². The van der Waals surface area contributed by atoms with Crippen molar-refractivity contribution in [3.05, 3.63) is 28.7 Å². The normalized spacial score (nSPS) is 8.92. The Bertz CT molecular complexity index is 352. The average molecular weight is 176 g/mol. The van der Waals surface area contributed by atoms with E-state index in [0.29, 0.717) is 11.4 Å². The topological polar surface area (TPSA) is 40.3 Å². The minimum absolute atomic E-state index is 0.165. The van der Waals surface area contributed by atoms with Gasteiger partial charge >= 0.3 is 0 Å². The number of hydrogen-bond acceptors (Lipinski definition) is 2. The van der Waals surface area contributed by atoms with Crippen molar-refractivity contribution in [3.8, 4) is 18.1 Å². The van der Waals surface area contributed by atoms with Gasteiger partial charge < -0.3 is 4.74 Å². The van der Waals surface area contributed by atoms with Gasteiger partial charge in [-0.2, -0.15) is 0 Å². The summed E-state index contributed by atoms with van der Waals surface area (Å²) in [4.78, 5) is 10.4. The van der Waals surface area contributed by atoms with Crippen LogP contribution >= 0.6 is 0 Å². The Hall–Kier alpha value is -1.82. The van der Waals surface area contributed by atoms with Crippen molar-refractivity contribution < 1.29 is 9.91 Å². The van der Waals surface area contributed by atoms with Gasteiger partial charge in [-0.15, -0.1) is 6.42 Å². The first-order valence-electron chi connectivity index (χ1n) is 3.83. The van der Waals surface area contributed by atoms with Gasteiger partial charge in [0.2, 0.25) is 0 Å². The number of terminal acetylenes is 1. The highest BCUT2D eigenvalue weighted by Gasteiger charge is 2.08. The zero-order valence-corrected chi connectivity index (χ0v) is 7.33. The predicted octanol–water partition coefficient (Wildman–Crippen LogP) is 0.486. The third-order valence-electron chi connectivity index (χ3n) is 1.56. The fraction of sp³-hybridized carbons (Fsp3) is 0.200. The molecule has 3 nitrogen and oxygen atoms in total. The number of hydrogen-bond donors (Lipinski definition) is 1. The van der Waals surface area contributed by atoms with E-state index in [1.165, 1.54) is 0 Å². The minimum atomic E-state index is 0.165. The lowest BCUT2D eigenvalue weighted by Crippen LogP contribution is -2.55. The summed E-state index contributed by atoms with van der Waals surface area (Å²) in [5.41, 5.74) is 1.42. The van der Waals surface area contributed by atoms with E-state index in [0.717, 1.165) is 5.56 Å². The number of ether oxygens (including phenoxy) is 1. The van der Waals surface area contributed by atoms with Gasteiger partial charge in [0, 0.05) is 16.2 Å². The lowest BCUT2D eigenvalue weighted by atomic mass is 10.2. The molecule has 0 saturated carbocycles. The number of benzene rings is 1. The first-order chi connectivity index (χ1) is 6.27. The zero-order valence-electron chi connectivity index (χ0n) is 7.33. The molecular weight excluding hydrogens is 166 g/mol. The highest BCUT2D eigenvalue weighted by Crippen LogP contribution is 2.20. The van der Waals surface area contributed by atoms with Crippen LogP contribution < -0.4 is 9.91 Å². The van der Waals surface area contributed by atoms with Crippen molar-refractivity contribution in [2.75, 3.05) is 6.61 Å². The van der Waals surface area contributed by atoms with Crippen LogP contribution in [0.5, 0.6) is 5.75 Å². The summed E-state index contributed by atoms with van der Waals surface area (Å²) in [7, 11) is 0. The van der Waals surface area contributed by atoms with Crippen molar-refractivity contribution in [1.29, 1.82) is 0 Å². The molecular formula is C10H10NO2+. The molecule has 0 spiro atoms. The van der Waals surface area contributed by atoms with Gasteiger partial charge in [0.1, 0.15) is 6.61 Å². The molecule has 0 heterocycles. The monoisotopic (exact) mass is 176 g/mol. The van der Waals surface area contributed by atoms with Crippen LogP contribution in [0.4, 0.5) is 5.69 Å². The van der Waals surface area contributed by atoms with Crippen LogP contribution in [0.2, 0.25) is 0 Å². The summed E-state index contributed by atoms with van der Waals surface area (Å²) >= 11 is 0. The highest BCUT2D eigenvalue weighted by molar-refractivity contribution is 5.47. The van der Waals surface area contributed by atoms with Crippen LogP contribution in [0.25, 0.3) is 0 Å². The summed E-state index contributed by atoms with van der Waals surface area (Å²) in [6.45, 7) is 2.08. The fourth-order valence-electron chi connectivity index (χ4n) is 0.953. The van der Waals surface area contributed by atoms with E-state index < -0.39 is 0 Å². The lowest BCUT2D eigenvalue weighted by molar-refractivity contribution is -0.380. The Morgan fingerprint density at radius 1 is 1.62 bits per heavy atom. The van der Waals surface area contributed by atoms with Gasteiger partial charge in [0.15, 0.2) is 5.75 Å². The molecule has 1 N–H and O–H groups in total. The van der Waals surface area contributed by atoms with E-state index in [2.05, 4.69) is 5.92 Å². The van der Waals surface area contributed by atoms with Gasteiger partial charge in [-0.3, -0.25) is 0 Å². The SMILES string of the molecule is C#CCOc1cc(C)ccc1[NH+]=O. The number of aryl methyl sites for hydroxylation is 1. The van der Waals surface area contributed by atoms with Crippen LogP contribution in [-0.4, -0.2) is 6.61 Å². The molecule has 13 heavy (non-hydrogen) atoms. The third kappa shape index (κ3) is 2.31. The van der Waals surface area contributed by atoms with Crippen LogP contribution in [0, 0.1) is 24.2 Å². The highest BCUT2D eigenvalue weighted by atomic mass is 16.5. The maximum absolute atomic E-state index is 10.4. The molecule has 0 atom stereocenters. The van der Waals surface area contributed by atoms with Crippen LogP contribution in [0.3, 0.4) is 0 Å². The van der Waals surface area contributed by atoms with E-state index >= 15 is 0 Å². The summed E-state index contributed by atoms with van der Waals surface area (Å²) in [6, 6.07) is 5.24. The van der Waals surface area contributed by atoms with Crippen molar-refractivity contribution in [2.24, 2.45) is 0 Å². The van der Waals surface area contributed by atoms with Crippen molar-refractivity contribution >= 4 is 5.69 Å². The molecule has 0 aromatic heterocycles. The number of nitrogens with one attached hydrogen (secondary N) is 1. The molecule has 1 aromatic rings. The number of rotatable bonds is 3. The van der Waals surface area contributed by atoms with Crippen molar-refractivity contribution in [2.45, 2.75) is 6.92 Å². The maximum atomic E-state index is 10.4. The second-order valence-electron chi connectivity index (χ2n) is 2.59. The Kier molecular flexibility index (Phi) is 3.04. The van der Waals surface area contributed by atoms with Gasteiger partial charge in [0.05, 0.1) is 0 Å². The maximum Gasteiger partial charge on any atom is 0.294 e. The number of nitroso groups, excluding NO2 is 1. The summed E-state index contributed by atoms with van der Waals surface area (Å²) < 4.78 is 5.16. The first-order valence-corrected chi connectivity index (χ1v) is 3.83. The van der Waals surface area contributed by atoms with Gasteiger partial charge in [-0.25, -0.2) is 0 Å². The molecule has 0 unspecified atom stereocenters. The predicted molar refractivity (Wildman–Crippen MR) is 49.5 cm³/mol. The van der Waals surface area contributed by atoms with E-state index in [1.54, 1.807) is 17.3 Å². The van der Waals surface area contributed by atoms with E-state index in [1.807, 2.05) is 13.0 Å². The molecule has 0 aliphatic carbocycles. The third-order valence-corrected chi connectivity index (χ3v) is 1.56. The van der Waals surface area contributed by atoms with Crippen molar-refractivity contribution in [1.82, 2.24) is 0 Å². The second kappa shape index (κ2) is 4.27. The quantitative estimate of drug-likeness (QED) is 0.681. The molecule has 0 aliphatic heterocycles. The Balaban J connectivity index is 2.95. The zero-order chi connectivity index (χ0) is 9.68. The van der Waals surface area contributed by atoms with Crippen LogP contribution in [0.1, 0.15) is 5.56 Å². The molecule has 0 aliphatic rings. The molecule has 1 aromatic carbocycles. The van der Waals surface area contributed by atoms with Gasteiger partial charge in [0.25, 0.3) is 5.69 Å². The smallest absolute Gasteiger partial charge is 0.294 e. The standard InChI is InChI=1S/C10H9NO2/c1-3-6-13-10-7-8(2)4-5-9(10)11-12/h1,4-5,7H,6H2,2H3/p+1. The molecule has 3 heteroatoms. The largest absolute Gasteiger partial charge is 0.474 e. The molecule has 0 fully saturated rings. The Morgan fingerprint density at radius 2 is 2.38 bits per heavy atom. The molecule has 0 amide bonds. The Morgan fingerprint density at radius 3 is 3.00 bits per heavy atom. The molecule has 0 bridgehead atoms. The van der Waals surface area contributed by atoms with Crippen LogP contribution in [0.15, 0.2) is 18.2 Å². The van der Waals surface area contributed by atoms with E-state index in [4.69, 9.17) is 11.2 Å². The van der Waals surface area contributed by atoms with E-state index in [-0.39, 0.29) is 6.61 Å². The van der Waals surface area contributed by atoms with Crippen molar-refractivity contribution in [3.63, 3.8) is 0 Å². The first kappa shape index (κ1) is 9.27. The summed E-state index contributed by atoms with van der Waals surface area (Å²) in [6.07, 6.45) is 5.03. The minimum Gasteiger partial charge on any atom is -0.474 e. The second-order valence-corrected chi connectivity index (χ2v) is 2.59. The van der Waals surface area contributed by atoms with Gasteiger partial charge in [-0.05, 0) is 18.6 Å². The molecule has 66 valence electrons. The van der Waals surface area contributed by atoms with Gasteiger partial charge in [-0.1, -0.05) is 12.0 Å². The molecule has 1 rings (SSSR count). The molecule has 0 saturated heterocycles. The average Bonchev–Trinajstić information content (AvgIpc) is 2.15. The van der Waals surface area contributed by atoms with Crippen LogP contribution in [-0.2, 0) is 0 Å². The molecule has 0 radical (unpaired) electrons. The summed E-state index contributed by atoms with van der Waals surface area (Å²) in [5.74, 6) is 2.83. The lowest BCUT2D eigenvalue weighted by Gasteiger charge is -2.01.